The molecule has 0 spiro atoms. The molecular weight excluding hydrogens is 562 g/mol. The average molecular weight is 598 g/mol. The van der Waals surface area contributed by atoms with Crippen LogP contribution in [0.2, 0.25) is 0 Å². The smallest absolute Gasteiger partial charge is 0.336 e. The van der Waals surface area contributed by atoms with E-state index in [0.717, 1.165) is 42.1 Å². The van der Waals surface area contributed by atoms with E-state index in [9.17, 15) is 14.4 Å². The Balaban J connectivity index is 0.000000332. The van der Waals surface area contributed by atoms with Crippen molar-refractivity contribution in [3.05, 3.63) is 52.7 Å². The number of aromatic nitrogens is 1. The molecule has 11 nitrogen and oxygen atoms in total. The van der Waals surface area contributed by atoms with Gasteiger partial charge in [0.15, 0.2) is 10.3 Å². The summed E-state index contributed by atoms with van der Waals surface area (Å²) in [5.41, 5.74) is -1.42. The second kappa shape index (κ2) is 12.8. The summed E-state index contributed by atoms with van der Waals surface area (Å²) >= 11 is 3.41. The summed E-state index contributed by atoms with van der Waals surface area (Å²) in [6.07, 6.45) is 1.78. The van der Waals surface area contributed by atoms with Crippen LogP contribution in [0.4, 0.5) is 0 Å². The van der Waals surface area contributed by atoms with E-state index in [1.165, 1.54) is 0 Å². The monoisotopic (exact) mass is 597 g/mol. The average Bonchev–Trinajstić information content (AvgIpc) is 3.15. The van der Waals surface area contributed by atoms with E-state index in [-0.39, 0.29) is 11.1 Å². The predicted molar refractivity (Wildman–Crippen MR) is 141 cm³/mol. The van der Waals surface area contributed by atoms with Crippen LogP contribution in [0.3, 0.4) is 0 Å². The van der Waals surface area contributed by atoms with E-state index in [1.54, 1.807) is 0 Å². The maximum Gasteiger partial charge on any atom is 0.336 e. The van der Waals surface area contributed by atoms with Crippen molar-refractivity contribution in [1.29, 1.82) is 0 Å². The molecule has 1 aliphatic heterocycles. The zero-order valence-electron chi connectivity index (χ0n) is 22.0. The highest BCUT2D eigenvalue weighted by atomic mass is 79.9. The van der Waals surface area contributed by atoms with Crippen molar-refractivity contribution in [2.75, 3.05) is 0 Å². The lowest BCUT2D eigenvalue weighted by atomic mass is 9.79. The van der Waals surface area contributed by atoms with Crippen LogP contribution in [0.1, 0.15) is 64.8 Å². The normalized spacial score (nSPS) is 16.9. The number of halogens is 1. The fraction of sp³-hybridized carbons (Fsp3) is 0.538. The molecule has 3 heterocycles. The first-order valence-corrected chi connectivity index (χ1v) is 12.9. The maximum absolute atomic E-state index is 10.3. The number of carbonyl (C=O) groups is 3. The van der Waals surface area contributed by atoms with E-state index < -0.39 is 36.4 Å². The molecule has 0 unspecified atom stereocenters. The molecule has 12 heteroatoms. The predicted octanol–water partition coefficient (Wildman–Crippen LogP) is 3.50. The molecule has 0 bridgehead atoms. The first-order valence-electron chi connectivity index (χ1n) is 12.1. The topological polar surface area (TPSA) is 173 Å². The lowest BCUT2D eigenvalue weighted by molar-refractivity contribution is -0.170. The highest BCUT2D eigenvalue weighted by molar-refractivity contribution is 9.10. The Morgan fingerprint density at radius 3 is 2.03 bits per heavy atom. The first kappa shape index (κ1) is 31.4. The third kappa shape index (κ3) is 10.2. The molecule has 0 aromatic carbocycles. The molecular formula is C26H36BrN3O8. The Morgan fingerprint density at radius 1 is 1.03 bits per heavy atom. The zero-order chi connectivity index (χ0) is 28.7. The van der Waals surface area contributed by atoms with E-state index in [1.807, 2.05) is 24.4 Å². The Kier molecular flexibility index (Phi) is 10.6. The highest BCUT2D eigenvalue weighted by Gasteiger charge is 2.41. The van der Waals surface area contributed by atoms with Crippen LogP contribution in [0.25, 0.3) is 0 Å². The molecule has 0 aliphatic carbocycles. The van der Waals surface area contributed by atoms with Crippen molar-refractivity contribution in [1.82, 2.24) is 15.2 Å². The number of furan rings is 1. The zero-order valence-corrected chi connectivity index (χ0v) is 23.6. The van der Waals surface area contributed by atoms with Crippen LogP contribution >= 0.6 is 15.9 Å². The van der Waals surface area contributed by atoms with Gasteiger partial charge in [0.2, 0.25) is 0 Å². The van der Waals surface area contributed by atoms with Crippen molar-refractivity contribution in [2.24, 2.45) is 0 Å². The number of rotatable bonds is 10. The fourth-order valence-corrected chi connectivity index (χ4v) is 5.23. The number of hydrogen-bond donors (Lipinski definition) is 5. The van der Waals surface area contributed by atoms with Gasteiger partial charge in [-0.3, -0.25) is 19.5 Å². The van der Waals surface area contributed by atoms with Crippen LogP contribution in [-0.2, 0) is 27.5 Å². The lowest BCUT2D eigenvalue weighted by Crippen LogP contribution is -2.62. The number of nitrogens with one attached hydrogen (secondary N) is 1. The van der Waals surface area contributed by atoms with Gasteiger partial charge in [0.25, 0.3) is 0 Å². The van der Waals surface area contributed by atoms with Crippen molar-refractivity contribution in [3.63, 3.8) is 0 Å². The van der Waals surface area contributed by atoms with E-state index >= 15 is 0 Å². The molecule has 38 heavy (non-hydrogen) atoms. The van der Waals surface area contributed by atoms with Crippen LogP contribution in [0.5, 0.6) is 0 Å². The third-order valence-electron chi connectivity index (χ3n) is 6.05. The van der Waals surface area contributed by atoms with Crippen molar-refractivity contribution in [3.8, 4) is 0 Å². The van der Waals surface area contributed by atoms with E-state index in [2.05, 4.69) is 71.0 Å². The number of carboxylic acid groups (broad SMARTS) is 3. The molecule has 1 aliphatic rings. The number of aliphatic hydroxyl groups is 1. The molecule has 0 atom stereocenters. The summed E-state index contributed by atoms with van der Waals surface area (Å²) in [6, 6.07) is 10.6. The molecule has 0 saturated carbocycles. The first-order chi connectivity index (χ1) is 17.5. The summed E-state index contributed by atoms with van der Waals surface area (Å²) in [7, 11) is 0. The standard InChI is InChI=1S/C20H28BrN3O.C6H8O7/c1-19(2)11-16(12-20(3,4)23-19)24(13-15-7-5-6-10-22-15)14-17-8-9-18(21)25-17;7-3(8)1-6(13,5(11)12)2-4(9)10/h5-10,16,23H,11-14H2,1-4H3;13H,1-2H2,(H,7,8)(H,9,10)(H,11,12). The Morgan fingerprint density at radius 2 is 1.61 bits per heavy atom. The molecule has 0 amide bonds. The van der Waals surface area contributed by atoms with Gasteiger partial charge in [0, 0.05) is 29.9 Å². The molecule has 2 aromatic rings. The Labute approximate surface area is 230 Å². The molecule has 0 radical (unpaired) electrons. The van der Waals surface area contributed by atoms with Crippen molar-refractivity contribution >= 4 is 33.8 Å². The van der Waals surface area contributed by atoms with Crippen LogP contribution in [-0.4, -0.2) is 70.9 Å². The van der Waals surface area contributed by atoms with E-state index in [4.69, 9.17) is 24.8 Å². The van der Waals surface area contributed by atoms with Crippen LogP contribution in [0.15, 0.2) is 45.6 Å². The van der Waals surface area contributed by atoms with Crippen LogP contribution in [0, 0.1) is 0 Å². The van der Waals surface area contributed by atoms with Gasteiger partial charge in [-0.15, -0.1) is 0 Å². The van der Waals surface area contributed by atoms with Gasteiger partial charge in [-0.25, -0.2) is 4.79 Å². The second-order valence-electron chi connectivity index (χ2n) is 10.9. The Bertz CT molecular complexity index is 1070. The number of pyridine rings is 1. The van der Waals surface area contributed by atoms with Gasteiger partial charge in [0.1, 0.15) is 5.76 Å². The minimum absolute atomic E-state index is 0.110. The number of carboxylic acids is 3. The molecule has 1 fully saturated rings. The number of nitrogens with zero attached hydrogens (tertiary/aromatic N) is 2. The van der Waals surface area contributed by atoms with E-state index in [0.29, 0.717) is 6.04 Å². The number of hydrogen-bond acceptors (Lipinski definition) is 8. The largest absolute Gasteiger partial charge is 0.481 e. The second-order valence-corrected chi connectivity index (χ2v) is 11.6. The minimum Gasteiger partial charge on any atom is -0.481 e. The lowest BCUT2D eigenvalue weighted by Gasteiger charge is -2.49. The fourth-order valence-electron chi connectivity index (χ4n) is 4.89. The molecule has 2 aromatic heterocycles. The van der Waals surface area contributed by atoms with Crippen molar-refractivity contribution < 1.29 is 39.2 Å². The summed E-state index contributed by atoms with van der Waals surface area (Å²) < 4.78 is 6.57. The molecule has 210 valence electrons. The molecule has 5 N–H and O–H groups in total. The molecule has 3 rings (SSSR count). The molecule has 1 saturated heterocycles. The quantitative estimate of drug-likeness (QED) is 0.271. The summed E-state index contributed by atoms with van der Waals surface area (Å²) in [5, 5.41) is 37.6. The summed E-state index contributed by atoms with van der Waals surface area (Å²) in [5.74, 6) is -4.04. The van der Waals surface area contributed by atoms with Gasteiger partial charge >= 0.3 is 17.9 Å². The van der Waals surface area contributed by atoms with Gasteiger partial charge in [-0.1, -0.05) is 6.07 Å². The van der Waals surface area contributed by atoms with Gasteiger partial charge < -0.3 is 30.2 Å². The van der Waals surface area contributed by atoms with Crippen molar-refractivity contribution in [2.45, 2.75) is 89.2 Å². The summed E-state index contributed by atoms with van der Waals surface area (Å²) in [4.78, 5) is 37.5. The SMILES string of the molecule is CC1(C)CC(N(Cc2ccccn2)Cc2ccc(Br)o2)CC(C)(C)N1.O=C(O)CC(O)(CC(=O)O)C(=O)O. The van der Waals surface area contributed by atoms with Gasteiger partial charge in [-0.2, -0.15) is 0 Å². The Hall–Kier alpha value is -2.80. The third-order valence-corrected chi connectivity index (χ3v) is 6.48. The summed E-state index contributed by atoms with van der Waals surface area (Å²) in [6.45, 7) is 10.8. The number of aliphatic carboxylic acids is 3. The van der Waals surface area contributed by atoms with Crippen LogP contribution < -0.4 is 5.32 Å². The number of piperidine rings is 1. The van der Waals surface area contributed by atoms with Gasteiger partial charge in [-0.05, 0) is 80.7 Å². The highest BCUT2D eigenvalue weighted by Crippen LogP contribution is 2.33. The minimum atomic E-state index is -2.74. The maximum atomic E-state index is 10.3. The van der Waals surface area contributed by atoms with Gasteiger partial charge in [0.05, 0.1) is 25.1 Å².